The number of carbonyl (C=O) groups excluding carboxylic acids is 1. The molecule has 1 amide bonds. The summed E-state index contributed by atoms with van der Waals surface area (Å²) in [4.78, 5) is 16.9. The van der Waals surface area contributed by atoms with Gasteiger partial charge in [-0.1, -0.05) is 42.5 Å². The van der Waals surface area contributed by atoms with Gasteiger partial charge in [0.1, 0.15) is 10.8 Å². The van der Waals surface area contributed by atoms with Crippen molar-refractivity contribution in [2.24, 2.45) is 0 Å². The van der Waals surface area contributed by atoms with E-state index in [1.165, 1.54) is 16.9 Å². The molecule has 2 N–H and O–H groups in total. The van der Waals surface area contributed by atoms with Crippen LogP contribution in [0.3, 0.4) is 0 Å². The fourth-order valence-electron chi connectivity index (χ4n) is 3.49. The number of hydrogen-bond donors (Lipinski definition) is 2. The second kappa shape index (κ2) is 9.23. The molecule has 0 radical (unpaired) electrons. The Balaban J connectivity index is 1.30. The Morgan fingerprint density at radius 3 is 2.50 bits per heavy atom. The molecule has 0 saturated carbocycles. The van der Waals surface area contributed by atoms with Crippen molar-refractivity contribution in [1.82, 2.24) is 15.1 Å². The average Bonchev–Trinajstić information content (AvgIpc) is 3.24. The summed E-state index contributed by atoms with van der Waals surface area (Å²) in [5.74, 6) is 0.0856. The average molecular weight is 424 g/mol. The first kappa shape index (κ1) is 20.3. The van der Waals surface area contributed by atoms with E-state index in [0.717, 1.165) is 49.0 Å². The molecule has 4 rings (SSSR count). The molecule has 7 nitrogen and oxygen atoms in total. The summed E-state index contributed by atoms with van der Waals surface area (Å²) in [5.41, 5.74) is 2.86. The number of benzene rings is 2. The monoisotopic (exact) mass is 423 g/mol. The highest BCUT2D eigenvalue weighted by Crippen LogP contribution is 2.27. The van der Waals surface area contributed by atoms with Crippen molar-refractivity contribution in [3.63, 3.8) is 0 Å². The fourth-order valence-corrected chi connectivity index (χ4v) is 4.26. The Bertz CT molecular complexity index is 997. The Hall–Kier alpha value is -2.97. The number of phenolic OH excluding ortho intramolecular Hbond substituents is 1. The summed E-state index contributed by atoms with van der Waals surface area (Å²) in [6, 6.07) is 15.3. The fraction of sp³-hybridized carbons (Fsp3) is 0.318. The Labute approximate surface area is 180 Å². The number of amides is 1. The van der Waals surface area contributed by atoms with E-state index in [0.29, 0.717) is 17.3 Å². The van der Waals surface area contributed by atoms with Crippen LogP contribution in [0.4, 0.5) is 11.4 Å². The molecule has 2 heterocycles. The standard InChI is InChI=1S/C22H25N5O2S/c1-2-16-7-9-17(10-8-16)23-21(29)22-25-24-20(30-22)15-26-11-13-27(14-12-26)18-5-3-4-6-19(18)28/h3-10,28H,2,11-15H2,1H3,(H,23,29). The number of piperazine rings is 1. The summed E-state index contributed by atoms with van der Waals surface area (Å²) < 4.78 is 0. The van der Waals surface area contributed by atoms with Crippen LogP contribution >= 0.6 is 11.3 Å². The normalized spacial score (nSPS) is 14.6. The van der Waals surface area contributed by atoms with Crippen LogP contribution in [0.1, 0.15) is 27.3 Å². The highest BCUT2D eigenvalue weighted by atomic mass is 32.1. The van der Waals surface area contributed by atoms with Crippen molar-refractivity contribution in [2.75, 3.05) is 36.4 Å². The third-order valence-corrected chi connectivity index (χ3v) is 6.14. The first-order chi connectivity index (χ1) is 14.6. The number of hydrogen-bond acceptors (Lipinski definition) is 7. The predicted octanol–water partition coefficient (Wildman–Crippen LogP) is 3.38. The van der Waals surface area contributed by atoms with E-state index < -0.39 is 0 Å². The van der Waals surface area contributed by atoms with E-state index in [2.05, 4.69) is 32.2 Å². The summed E-state index contributed by atoms with van der Waals surface area (Å²) in [7, 11) is 0. The van der Waals surface area contributed by atoms with Gasteiger partial charge < -0.3 is 15.3 Å². The van der Waals surface area contributed by atoms with E-state index in [4.69, 9.17) is 0 Å². The molecule has 0 atom stereocenters. The Morgan fingerprint density at radius 2 is 1.80 bits per heavy atom. The van der Waals surface area contributed by atoms with Gasteiger partial charge in [-0.05, 0) is 36.2 Å². The molecule has 0 unspecified atom stereocenters. The van der Waals surface area contributed by atoms with Gasteiger partial charge in [0, 0.05) is 31.9 Å². The minimum Gasteiger partial charge on any atom is -0.506 e. The lowest BCUT2D eigenvalue weighted by Crippen LogP contribution is -2.45. The molecule has 2 aromatic carbocycles. The number of anilines is 2. The zero-order valence-electron chi connectivity index (χ0n) is 16.9. The molecule has 1 aliphatic heterocycles. The lowest BCUT2D eigenvalue weighted by Gasteiger charge is -2.35. The number of nitrogens with one attached hydrogen (secondary N) is 1. The quantitative estimate of drug-likeness (QED) is 0.633. The zero-order valence-corrected chi connectivity index (χ0v) is 17.7. The highest BCUT2D eigenvalue weighted by Gasteiger charge is 2.21. The van der Waals surface area contributed by atoms with Crippen LogP contribution in [0.5, 0.6) is 5.75 Å². The highest BCUT2D eigenvalue weighted by molar-refractivity contribution is 7.13. The van der Waals surface area contributed by atoms with E-state index in [1.807, 2.05) is 42.5 Å². The molecule has 30 heavy (non-hydrogen) atoms. The molecule has 3 aromatic rings. The number of aromatic nitrogens is 2. The van der Waals surface area contributed by atoms with Gasteiger partial charge in [-0.2, -0.15) is 0 Å². The van der Waals surface area contributed by atoms with Crippen LogP contribution in [-0.2, 0) is 13.0 Å². The van der Waals surface area contributed by atoms with Gasteiger partial charge in [-0.3, -0.25) is 9.69 Å². The smallest absolute Gasteiger partial charge is 0.286 e. The first-order valence-corrected chi connectivity index (χ1v) is 10.9. The lowest BCUT2D eigenvalue weighted by molar-refractivity contribution is 0.102. The SMILES string of the molecule is CCc1ccc(NC(=O)c2nnc(CN3CCN(c4ccccc4O)CC3)s2)cc1. The number of phenols is 1. The third-order valence-electron chi connectivity index (χ3n) is 5.23. The van der Waals surface area contributed by atoms with Crippen molar-refractivity contribution in [3.05, 3.63) is 64.1 Å². The molecule has 0 spiro atoms. The predicted molar refractivity (Wildman–Crippen MR) is 119 cm³/mol. The number of rotatable bonds is 6. The molecule has 1 saturated heterocycles. The van der Waals surface area contributed by atoms with Crippen molar-refractivity contribution in [1.29, 1.82) is 0 Å². The number of carbonyl (C=O) groups is 1. The molecular formula is C22H25N5O2S. The van der Waals surface area contributed by atoms with Gasteiger partial charge >= 0.3 is 0 Å². The van der Waals surface area contributed by atoms with Crippen molar-refractivity contribution in [3.8, 4) is 5.75 Å². The van der Waals surface area contributed by atoms with Gasteiger partial charge in [-0.25, -0.2) is 0 Å². The van der Waals surface area contributed by atoms with Crippen LogP contribution in [-0.4, -0.2) is 52.3 Å². The number of nitrogens with zero attached hydrogens (tertiary/aromatic N) is 4. The molecule has 0 bridgehead atoms. The minimum absolute atomic E-state index is 0.229. The lowest BCUT2D eigenvalue weighted by atomic mass is 10.1. The van der Waals surface area contributed by atoms with E-state index >= 15 is 0 Å². The molecule has 1 fully saturated rings. The van der Waals surface area contributed by atoms with E-state index in [9.17, 15) is 9.90 Å². The molecular weight excluding hydrogens is 398 g/mol. The maximum absolute atomic E-state index is 12.5. The molecule has 8 heteroatoms. The number of para-hydroxylation sites is 2. The molecule has 1 aliphatic rings. The van der Waals surface area contributed by atoms with Crippen molar-refractivity contribution < 1.29 is 9.90 Å². The topological polar surface area (TPSA) is 81.6 Å². The van der Waals surface area contributed by atoms with Gasteiger partial charge in [0.05, 0.1) is 12.2 Å². The van der Waals surface area contributed by atoms with Crippen LogP contribution in [0.15, 0.2) is 48.5 Å². The van der Waals surface area contributed by atoms with Crippen LogP contribution in [0, 0.1) is 0 Å². The summed E-state index contributed by atoms with van der Waals surface area (Å²) in [6.07, 6.45) is 0.967. The number of aryl methyl sites for hydroxylation is 1. The van der Waals surface area contributed by atoms with E-state index in [-0.39, 0.29) is 5.91 Å². The Morgan fingerprint density at radius 1 is 1.07 bits per heavy atom. The molecule has 156 valence electrons. The summed E-state index contributed by atoms with van der Waals surface area (Å²) >= 11 is 1.33. The van der Waals surface area contributed by atoms with E-state index in [1.54, 1.807) is 6.07 Å². The third kappa shape index (κ3) is 4.77. The van der Waals surface area contributed by atoms with Gasteiger partial charge in [-0.15, -0.1) is 10.2 Å². The minimum atomic E-state index is -0.229. The van der Waals surface area contributed by atoms with Gasteiger partial charge in [0.2, 0.25) is 5.01 Å². The number of aromatic hydroxyl groups is 1. The van der Waals surface area contributed by atoms with Crippen molar-refractivity contribution in [2.45, 2.75) is 19.9 Å². The maximum atomic E-state index is 12.5. The second-order valence-electron chi connectivity index (χ2n) is 7.26. The van der Waals surface area contributed by atoms with Crippen molar-refractivity contribution >= 4 is 28.6 Å². The summed E-state index contributed by atoms with van der Waals surface area (Å²) in [6.45, 7) is 6.15. The zero-order chi connectivity index (χ0) is 20.9. The Kier molecular flexibility index (Phi) is 6.25. The van der Waals surface area contributed by atoms with Gasteiger partial charge in [0.15, 0.2) is 0 Å². The van der Waals surface area contributed by atoms with Crippen LogP contribution in [0.2, 0.25) is 0 Å². The largest absolute Gasteiger partial charge is 0.506 e. The second-order valence-corrected chi connectivity index (χ2v) is 8.32. The maximum Gasteiger partial charge on any atom is 0.286 e. The summed E-state index contributed by atoms with van der Waals surface area (Å²) in [5, 5.41) is 22.4. The van der Waals surface area contributed by atoms with Gasteiger partial charge in [0.25, 0.3) is 5.91 Å². The molecule has 0 aliphatic carbocycles. The molecule has 1 aromatic heterocycles. The van der Waals surface area contributed by atoms with Crippen LogP contribution in [0.25, 0.3) is 0 Å². The van der Waals surface area contributed by atoms with Crippen LogP contribution < -0.4 is 10.2 Å². The first-order valence-electron chi connectivity index (χ1n) is 10.1.